The molecule has 0 bridgehead atoms. The van der Waals surface area contributed by atoms with Crippen molar-refractivity contribution in [3.05, 3.63) is 176 Å². The van der Waals surface area contributed by atoms with E-state index in [4.69, 9.17) is 9.97 Å². The van der Waals surface area contributed by atoms with Gasteiger partial charge < -0.3 is 0 Å². The van der Waals surface area contributed by atoms with Crippen molar-refractivity contribution in [2.45, 2.75) is 0 Å². The number of benzene rings is 7. The Kier molecular flexibility index (Phi) is 6.46. The summed E-state index contributed by atoms with van der Waals surface area (Å²) in [5, 5.41) is 4.78. The van der Waals surface area contributed by atoms with Gasteiger partial charge in [0.05, 0.1) is 11.0 Å². The second-order valence-electron chi connectivity index (χ2n) is 11.9. The van der Waals surface area contributed by atoms with Gasteiger partial charge in [0.15, 0.2) is 0 Å². The number of para-hydroxylation sites is 1. The molecule has 0 aliphatic rings. The zero-order chi connectivity index (χ0) is 31.2. The molecule has 0 N–H and O–H groups in total. The summed E-state index contributed by atoms with van der Waals surface area (Å²) in [7, 11) is 0. The normalized spacial score (nSPS) is 11.4. The Balaban J connectivity index is 1.17. The maximum Gasteiger partial charge on any atom is 0.234 e. The van der Waals surface area contributed by atoms with E-state index in [1.165, 1.54) is 43.8 Å². The van der Waals surface area contributed by atoms with E-state index in [-0.39, 0.29) is 0 Å². The minimum Gasteiger partial charge on any atom is -0.277 e. The van der Waals surface area contributed by atoms with Crippen LogP contribution >= 0.6 is 0 Å². The Morgan fingerprint density at radius 3 is 1.49 bits per heavy atom. The maximum absolute atomic E-state index is 5.01. The Morgan fingerprint density at radius 1 is 0.340 bits per heavy atom. The van der Waals surface area contributed by atoms with Gasteiger partial charge in [0.2, 0.25) is 5.95 Å². The summed E-state index contributed by atoms with van der Waals surface area (Å²) in [6, 6.07) is 58.1. The van der Waals surface area contributed by atoms with Gasteiger partial charge in [-0.05, 0) is 68.6 Å². The molecule has 7 aromatic carbocycles. The van der Waals surface area contributed by atoms with Crippen LogP contribution < -0.4 is 0 Å². The Labute approximate surface area is 273 Å². The Bertz CT molecular complexity index is 2530. The molecule has 9 rings (SSSR count). The maximum atomic E-state index is 5.01. The van der Waals surface area contributed by atoms with Crippen LogP contribution in [0, 0.1) is 0 Å². The molecule has 2 heterocycles. The summed E-state index contributed by atoms with van der Waals surface area (Å²) in [4.78, 5) is 10.0. The van der Waals surface area contributed by atoms with Crippen molar-refractivity contribution in [2.24, 2.45) is 0 Å². The number of rotatable bonds is 5. The predicted molar refractivity (Wildman–Crippen MR) is 196 cm³/mol. The van der Waals surface area contributed by atoms with Crippen molar-refractivity contribution in [3.63, 3.8) is 0 Å². The number of nitrogens with zero attached hydrogens (tertiary/aromatic N) is 3. The number of hydrogen-bond donors (Lipinski definition) is 0. The zero-order valence-corrected chi connectivity index (χ0v) is 25.6. The van der Waals surface area contributed by atoms with E-state index in [9.17, 15) is 0 Å². The van der Waals surface area contributed by atoms with Gasteiger partial charge in [0.1, 0.15) is 0 Å². The van der Waals surface area contributed by atoms with E-state index in [1.54, 1.807) is 0 Å². The summed E-state index contributed by atoms with van der Waals surface area (Å²) in [5.74, 6) is 0.659. The summed E-state index contributed by atoms with van der Waals surface area (Å²) in [5.41, 5.74) is 11.3. The molecule has 0 saturated carbocycles. The summed E-state index contributed by atoms with van der Waals surface area (Å²) < 4.78 is 2.21. The molecule has 0 unspecified atom stereocenters. The van der Waals surface area contributed by atoms with Gasteiger partial charge in [0, 0.05) is 34.1 Å². The fourth-order valence-corrected chi connectivity index (χ4v) is 6.77. The van der Waals surface area contributed by atoms with Crippen LogP contribution in [0.15, 0.2) is 176 Å². The third-order valence-corrected chi connectivity index (χ3v) is 9.10. The second kappa shape index (κ2) is 11.2. The Morgan fingerprint density at radius 2 is 0.830 bits per heavy atom. The SMILES string of the molecule is c1ccc(-c2ccc(-c3cc(-c4ccccc4)cc(-c4cnc(-n5c6ccccc6c6ccc7ccccc7c65)nc4)c3)cc2)cc1. The minimum atomic E-state index is 0.659. The quantitative estimate of drug-likeness (QED) is 0.197. The van der Waals surface area contributed by atoms with Gasteiger partial charge in [-0.2, -0.15) is 0 Å². The van der Waals surface area contributed by atoms with Crippen molar-refractivity contribution < 1.29 is 0 Å². The first-order chi connectivity index (χ1) is 23.3. The molecule has 9 aromatic rings. The first-order valence-corrected chi connectivity index (χ1v) is 15.9. The molecule has 220 valence electrons. The Hall–Kier alpha value is -6.32. The van der Waals surface area contributed by atoms with Crippen LogP contribution in [0.3, 0.4) is 0 Å². The average molecular weight is 600 g/mol. The van der Waals surface area contributed by atoms with Crippen molar-refractivity contribution in [1.82, 2.24) is 14.5 Å². The molecule has 0 fully saturated rings. The van der Waals surface area contributed by atoms with Crippen LogP contribution in [0.2, 0.25) is 0 Å². The monoisotopic (exact) mass is 599 g/mol. The molecule has 0 atom stereocenters. The van der Waals surface area contributed by atoms with Gasteiger partial charge in [-0.15, -0.1) is 0 Å². The van der Waals surface area contributed by atoms with E-state index in [1.807, 2.05) is 12.4 Å². The number of aromatic nitrogens is 3. The van der Waals surface area contributed by atoms with E-state index in [2.05, 4.69) is 168 Å². The molecule has 0 aliphatic carbocycles. The highest BCUT2D eigenvalue weighted by molar-refractivity contribution is 6.18. The molecule has 0 saturated heterocycles. The average Bonchev–Trinajstić information content (AvgIpc) is 3.50. The molecule has 0 aliphatic heterocycles. The van der Waals surface area contributed by atoms with E-state index >= 15 is 0 Å². The summed E-state index contributed by atoms with van der Waals surface area (Å²) >= 11 is 0. The highest BCUT2D eigenvalue weighted by Gasteiger charge is 2.17. The zero-order valence-electron chi connectivity index (χ0n) is 25.6. The summed E-state index contributed by atoms with van der Waals surface area (Å²) in [6.45, 7) is 0. The first kappa shape index (κ1) is 27.0. The van der Waals surface area contributed by atoms with Gasteiger partial charge >= 0.3 is 0 Å². The number of hydrogen-bond acceptors (Lipinski definition) is 2. The van der Waals surface area contributed by atoms with Gasteiger partial charge in [-0.25, -0.2) is 9.97 Å². The van der Waals surface area contributed by atoms with E-state index in [0.717, 1.165) is 33.3 Å². The van der Waals surface area contributed by atoms with Crippen LogP contribution in [0.4, 0.5) is 0 Å². The van der Waals surface area contributed by atoms with E-state index < -0.39 is 0 Å². The van der Waals surface area contributed by atoms with Gasteiger partial charge in [0.25, 0.3) is 0 Å². The van der Waals surface area contributed by atoms with Crippen molar-refractivity contribution in [2.75, 3.05) is 0 Å². The lowest BCUT2D eigenvalue weighted by molar-refractivity contribution is 0.992. The van der Waals surface area contributed by atoms with Crippen molar-refractivity contribution >= 4 is 32.6 Å². The molecule has 0 amide bonds. The van der Waals surface area contributed by atoms with E-state index in [0.29, 0.717) is 5.95 Å². The molecular formula is C44H29N3. The van der Waals surface area contributed by atoms with Crippen molar-refractivity contribution in [3.8, 4) is 50.5 Å². The third-order valence-electron chi connectivity index (χ3n) is 9.10. The lowest BCUT2D eigenvalue weighted by atomic mass is 9.93. The van der Waals surface area contributed by atoms with Crippen LogP contribution in [-0.4, -0.2) is 14.5 Å². The van der Waals surface area contributed by atoms with Crippen LogP contribution in [0.25, 0.3) is 83.0 Å². The lowest BCUT2D eigenvalue weighted by Gasteiger charge is -2.12. The molecule has 3 heteroatoms. The van der Waals surface area contributed by atoms with Gasteiger partial charge in [-0.3, -0.25) is 4.57 Å². The second-order valence-corrected chi connectivity index (χ2v) is 11.9. The van der Waals surface area contributed by atoms with Crippen LogP contribution in [0.1, 0.15) is 0 Å². The lowest BCUT2D eigenvalue weighted by Crippen LogP contribution is -2.01. The van der Waals surface area contributed by atoms with Gasteiger partial charge in [-0.1, -0.05) is 140 Å². The van der Waals surface area contributed by atoms with Crippen molar-refractivity contribution in [1.29, 1.82) is 0 Å². The third kappa shape index (κ3) is 4.77. The fourth-order valence-electron chi connectivity index (χ4n) is 6.77. The minimum absolute atomic E-state index is 0.659. The molecule has 0 radical (unpaired) electrons. The predicted octanol–water partition coefficient (Wildman–Crippen LogP) is 11.4. The standard InChI is InChI=1S/C44H29N3/c1-3-11-30(12-4-1)32-19-21-33(22-20-32)36-25-35(31-13-5-2-6-14-31)26-37(27-36)38-28-45-44(46-29-38)47-42-18-10-9-17-40(42)41-24-23-34-15-7-8-16-39(34)43(41)47/h1-29H. The topological polar surface area (TPSA) is 30.7 Å². The van der Waals surface area contributed by atoms with Crippen LogP contribution in [0.5, 0.6) is 0 Å². The van der Waals surface area contributed by atoms with Crippen LogP contribution in [-0.2, 0) is 0 Å². The molecular weight excluding hydrogens is 571 g/mol. The largest absolute Gasteiger partial charge is 0.277 e. The highest BCUT2D eigenvalue weighted by atomic mass is 15.1. The fraction of sp³-hybridized carbons (Fsp3) is 0. The first-order valence-electron chi connectivity index (χ1n) is 15.9. The number of fused-ring (bicyclic) bond motifs is 5. The smallest absolute Gasteiger partial charge is 0.234 e. The molecule has 0 spiro atoms. The molecule has 2 aromatic heterocycles. The summed E-state index contributed by atoms with van der Waals surface area (Å²) in [6.07, 6.45) is 3.92. The molecule has 3 nitrogen and oxygen atoms in total. The molecule has 47 heavy (non-hydrogen) atoms. The highest BCUT2D eigenvalue weighted by Crippen LogP contribution is 2.37.